The second kappa shape index (κ2) is 8.41. The van der Waals surface area contributed by atoms with E-state index in [9.17, 15) is 18.4 Å². The molecule has 5 rings (SSSR count). The number of halogens is 2. The van der Waals surface area contributed by atoms with Crippen LogP contribution in [0.15, 0.2) is 12.3 Å². The van der Waals surface area contributed by atoms with Crippen molar-refractivity contribution in [1.29, 1.82) is 0 Å². The molecule has 2 amide bonds. The fourth-order valence-corrected chi connectivity index (χ4v) is 4.61. The number of nitrogens with one attached hydrogen (secondary N) is 1. The molecule has 0 radical (unpaired) electrons. The molecule has 2 atom stereocenters. The number of benzene rings is 1. The van der Waals surface area contributed by atoms with Crippen molar-refractivity contribution in [3.63, 3.8) is 0 Å². The summed E-state index contributed by atoms with van der Waals surface area (Å²) in [5, 5.41) is 2.53. The monoisotopic (exact) mass is 473 g/mol. The van der Waals surface area contributed by atoms with Crippen LogP contribution in [0.2, 0.25) is 0 Å². The second-order valence-corrected chi connectivity index (χ2v) is 9.10. The van der Waals surface area contributed by atoms with Gasteiger partial charge >= 0.3 is 0 Å². The fourth-order valence-electron chi connectivity index (χ4n) is 4.61. The quantitative estimate of drug-likeness (QED) is 0.732. The van der Waals surface area contributed by atoms with Gasteiger partial charge in [-0.25, -0.2) is 9.37 Å². The molecular weight excluding hydrogens is 448 g/mol. The first-order valence-corrected chi connectivity index (χ1v) is 11.3. The molecule has 0 bridgehead atoms. The van der Waals surface area contributed by atoms with Crippen molar-refractivity contribution in [2.24, 2.45) is 0 Å². The van der Waals surface area contributed by atoms with Crippen molar-refractivity contribution in [3.8, 4) is 17.4 Å². The van der Waals surface area contributed by atoms with Gasteiger partial charge in [0.05, 0.1) is 24.4 Å². The number of rotatable bonds is 4. The maximum Gasteiger partial charge on any atom is 0.262 e. The number of hydrogen-bond acceptors (Lipinski definition) is 6. The molecule has 0 aliphatic carbocycles. The molecule has 10 heteroatoms. The lowest BCUT2D eigenvalue weighted by molar-refractivity contribution is -0.116. The molecule has 1 aromatic heterocycles. The van der Waals surface area contributed by atoms with Crippen molar-refractivity contribution >= 4 is 17.5 Å². The van der Waals surface area contributed by atoms with E-state index in [4.69, 9.17) is 14.2 Å². The molecule has 0 saturated carbocycles. The summed E-state index contributed by atoms with van der Waals surface area (Å²) in [5.74, 6) is -2.10. The van der Waals surface area contributed by atoms with Gasteiger partial charge in [0.25, 0.3) is 11.8 Å². The van der Waals surface area contributed by atoms with Gasteiger partial charge in [0.15, 0.2) is 11.6 Å². The smallest absolute Gasteiger partial charge is 0.262 e. The average Bonchev–Trinajstić information content (AvgIpc) is 3.14. The van der Waals surface area contributed by atoms with Crippen LogP contribution in [0, 0.1) is 18.6 Å². The van der Waals surface area contributed by atoms with Crippen LogP contribution in [-0.4, -0.2) is 53.1 Å². The number of aryl methyl sites for hydroxylation is 2. The molecule has 2 aromatic rings. The Hall–Kier alpha value is -3.43. The zero-order valence-corrected chi connectivity index (χ0v) is 19.1. The maximum absolute atomic E-state index is 15.0. The van der Waals surface area contributed by atoms with Crippen LogP contribution in [0.1, 0.15) is 48.2 Å². The SMILES string of the molecule is Cc1cc2c(c(OC(C)C)c1F)C(=O)N1C[C@@H](Oc3ncc4c(c3F)NC(=O)CC4)C[C@@H]1CO2. The highest BCUT2D eigenvalue weighted by molar-refractivity contribution is 6.00. The van der Waals surface area contributed by atoms with Crippen molar-refractivity contribution in [2.75, 3.05) is 18.5 Å². The number of carbonyl (C=O) groups excluding carboxylic acids is 2. The highest BCUT2D eigenvalue weighted by Crippen LogP contribution is 2.40. The molecule has 1 fully saturated rings. The summed E-state index contributed by atoms with van der Waals surface area (Å²) in [4.78, 5) is 30.8. The van der Waals surface area contributed by atoms with Crippen LogP contribution in [0.25, 0.3) is 0 Å². The summed E-state index contributed by atoms with van der Waals surface area (Å²) in [6, 6.07) is 1.16. The molecular formula is C24H25F2N3O5. The van der Waals surface area contributed by atoms with Crippen LogP contribution in [-0.2, 0) is 11.2 Å². The van der Waals surface area contributed by atoms with Gasteiger partial charge in [-0.2, -0.15) is 4.39 Å². The van der Waals surface area contributed by atoms with Crippen molar-refractivity contribution in [3.05, 3.63) is 40.6 Å². The summed E-state index contributed by atoms with van der Waals surface area (Å²) in [6.07, 6.45) is 1.66. The number of nitrogens with zero attached hydrogens (tertiary/aromatic N) is 2. The number of hydrogen-bond donors (Lipinski definition) is 1. The van der Waals surface area contributed by atoms with Gasteiger partial charge in [0.1, 0.15) is 24.0 Å². The minimum atomic E-state index is -0.731. The van der Waals surface area contributed by atoms with Gasteiger partial charge in [-0.3, -0.25) is 9.59 Å². The van der Waals surface area contributed by atoms with E-state index in [-0.39, 0.29) is 66.3 Å². The molecule has 0 unspecified atom stereocenters. The molecule has 8 nitrogen and oxygen atoms in total. The molecule has 1 aromatic carbocycles. The lowest BCUT2D eigenvalue weighted by Crippen LogP contribution is -2.37. The van der Waals surface area contributed by atoms with Gasteiger partial charge < -0.3 is 24.4 Å². The van der Waals surface area contributed by atoms with E-state index < -0.39 is 23.6 Å². The van der Waals surface area contributed by atoms with Gasteiger partial charge in [-0.15, -0.1) is 0 Å². The number of fused-ring (bicyclic) bond motifs is 3. The first-order valence-electron chi connectivity index (χ1n) is 11.3. The molecule has 180 valence electrons. The molecule has 0 spiro atoms. The Morgan fingerprint density at radius 1 is 1.24 bits per heavy atom. The van der Waals surface area contributed by atoms with Gasteiger partial charge in [-0.05, 0) is 44.4 Å². The summed E-state index contributed by atoms with van der Waals surface area (Å²) in [6.45, 7) is 5.42. The van der Waals surface area contributed by atoms with Crippen LogP contribution in [0.5, 0.6) is 17.4 Å². The van der Waals surface area contributed by atoms with Crippen LogP contribution >= 0.6 is 0 Å². The number of pyridine rings is 1. The van der Waals surface area contributed by atoms with Crippen molar-refractivity contribution in [2.45, 2.75) is 58.3 Å². The van der Waals surface area contributed by atoms with E-state index in [1.165, 1.54) is 12.3 Å². The zero-order chi connectivity index (χ0) is 24.1. The number of aromatic nitrogens is 1. The number of carbonyl (C=O) groups is 2. The van der Waals surface area contributed by atoms with E-state index in [1.54, 1.807) is 25.7 Å². The van der Waals surface area contributed by atoms with Crippen LogP contribution in [0.4, 0.5) is 14.5 Å². The summed E-state index contributed by atoms with van der Waals surface area (Å²) in [5.41, 5.74) is 1.07. The van der Waals surface area contributed by atoms with E-state index >= 15 is 0 Å². The second-order valence-electron chi connectivity index (χ2n) is 9.10. The predicted molar refractivity (Wildman–Crippen MR) is 117 cm³/mol. The fraction of sp³-hybridized carbons (Fsp3) is 0.458. The summed E-state index contributed by atoms with van der Waals surface area (Å²) >= 11 is 0. The highest BCUT2D eigenvalue weighted by atomic mass is 19.1. The topological polar surface area (TPSA) is 90.0 Å². The van der Waals surface area contributed by atoms with E-state index in [2.05, 4.69) is 10.3 Å². The first kappa shape index (κ1) is 22.4. The lowest BCUT2D eigenvalue weighted by atomic mass is 10.1. The zero-order valence-electron chi connectivity index (χ0n) is 19.1. The Kier molecular flexibility index (Phi) is 5.53. The average molecular weight is 473 g/mol. The molecule has 34 heavy (non-hydrogen) atoms. The van der Waals surface area contributed by atoms with E-state index in [0.29, 0.717) is 24.0 Å². The number of anilines is 1. The normalized spacial score (nSPS) is 21.3. The molecule has 1 saturated heterocycles. The summed E-state index contributed by atoms with van der Waals surface area (Å²) < 4.78 is 47.3. The first-order chi connectivity index (χ1) is 16.2. The Balaban J connectivity index is 1.40. The van der Waals surface area contributed by atoms with Gasteiger partial charge in [0.2, 0.25) is 11.7 Å². The Bertz CT molecular complexity index is 1190. The number of ether oxygens (including phenoxy) is 3. The Labute approximate surface area is 195 Å². The molecule has 3 aliphatic rings. The minimum absolute atomic E-state index is 0.0424. The predicted octanol–water partition coefficient (Wildman–Crippen LogP) is 3.39. The lowest BCUT2D eigenvalue weighted by Gasteiger charge is -2.22. The largest absolute Gasteiger partial charge is 0.490 e. The Morgan fingerprint density at radius 3 is 2.79 bits per heavy atom. The Morgan fingerprint density at radius 2 is 2.03 bits per heavy atom. The van der Waals surface area contributed by atoms with Crippen molar-refractivity contribution in [1.82, 2.24) is 9.88 Å². The molecule has 3 aliphatic heterocycles. The van der Waals surface area contributed by atoms with Gasteiger partial charge in [-0.1, -0.05) is 0 Å². The van der Waals surface area contributed by atoms with Crippen molar-refractivity contribution < 1.29 is 32.6 Å². The molecule has 1 N–H and O–H groups in total. The van der Waals surface area contributed by atoms with Crippen LogP contribution < -0.4 is 19.5 Å². The maximum atomic E-state index is 15.0. The standard InChI is InChI=1S/C24H25F2N3O5/c1-11(2)33-22-18-16(6-12(3)19(22)25)32-10-14-7-15(9-29(14)24(18)31)34-23-20(26)21-13(8-27-23)4-5-17(30)28-21/h6,8,11,14-15H,4-5,7,9-10H2,1-3H3,(H,28,30)/t14-,15+/m1/s1. The number of amides is 2. The van der Waals surface area contributed by atoms with E-state index in [0.717, 1.165) is 0 Å². The molecule has 4 heterocycles. The third-order valence-corrected chi connectivity index (χ3v) is 6.23. The summed E-state index contributed by atoms with van der Waals surface area (Å²) in [7, 11) is 0. The van der Waals surface area contributed by atoms with Gasteiger partial charge in [0, 0.05) is 19.0 Å². The van der Waals surface area contributed by atoms with Crippen LogP contribution in [0.3, 0.4) is 0 Å². The third kappa shape index (κ3) is 3.80. The van der Waals surface area contributed by atoms with E-state index in [1.807, 2.05) is 0 Å². The highest BCUT2D eigenvalue weighted by Gasteiger charge is 2.43. The third-order valence-electron chi connectivity index (χ3n) is 6.23. The minimum Gasteiger partial charge on any atom is -0.490 e.